The highest BCUT2D eigenvalue weighted by Crippen LogP contribution is 2.24. The predicted octanol–water partition coefficient (Wildman–Crippen LogP) is 4.51. The molecular weight excluding hydrogens is 356 g/mol. The van der Waals surface area contributed by atoms with Gasteiger partial charge in [-0.3, -0.25) is 9.78 Å². The van der Waals surface area contributed by atoms with Gasteiger partial charge in [0.2, 0.25) is 0 Å². The summed E-state index contributed by atoms with van der Waals surface area (Å²) in [6.45, 7) is 1.87. The standard InChI is InChI=1S/C21H16N4OS/c1-14(20-7-4-12-27-20)24-25-21(26)17-13-19(15-8-10-22-11-9-15)23-18-6-3-2-5-16(17)18/h2-13H,1H3,(H,25,26)/b24-14-. The Bertz CT molecular complexity index is 1120. The first kappa shape index (κ1) is 17.1. The lowest BCUT2D eigenvalue weighted by Crippen LogP contribution is -2.19. The Hall–Kier alpha value is -3.38. The van der Waals surface area contributed by atoms with Gasteiger partial charge in [0.25, 0.3) is 5.91 Å². The van der Waals surface area contributed by atoms with E-state index in [-0.39, 0.29) is 5.91 Å². The minimum atomic E-state index is -0.264. The summed E-state index contributed by atoms with van der Waals surface area (Å²) in [7, 11) is 0. The van der Waals surface area contributed by atoms with Gasteiger partial charge < -0.3 is 0 Å². The van der Waals surface area contributed by atoms with Crippen molar-refractivity contribution in [2.45, 2.75) is 6.92 Å². The Morgan fingerprint density at radius 2 is 1.89 bits per heavy atom. The number of benzene rings is 1. The van der Waals surface area contributed by atoms with Crippen molar-refractivity contribution in [1.29, 1.82) is 0 Å². The average Bonchev–Trinajstić information content (AvgIpc) is 3.26. The van der Waals surface area contributed by atoms with Crippen LogP contribution in [0.1, 0.15) is 22.2 Å². The molecule has 4 aromatic rings. The van der Waals surface area contributed by atoms with Crippen molar-refractivity contribution in [1.82, 2.24) is 15.4 Å². The molecule has 6 heteroatoms. The van der Waals surface area contributed by atoms with E-state index in [0.29, 0.717) is 5.56 Å². The molecule has 0 saturated carbocycles. The largest absolute Gasteiger partial charge is 0.272 e. The molecule has 132 valence electrons. The Morgan fingerprint density at radius 3 is 2.67 bits per heavy atom. The van der Waals surface area contributed by atoms with Gasteiger partial charge in [0.1, 0.15) is 0 Å². The van der Waals surface area contributed by atoms with Gasteiger partial charge in [-0.25, -0.2) is 10.4 Å². The first-order valence-electron chi connectivity index (χ1n) is 8.41. The van der Waals surface area contributed by atoms with Gasteiger partial charge in [-0.2, -0.15) is 5.10 Å². The van der Waals surface area contributed by atoms with Crippen LogP contribution in [0.3, 0.4) is 0 Å². The molecule has 5 nitrogen and oxygen atoms in total. The van der Waals surface area contributed by atoms with Crippen molar-refractivity contribution in [3.05, 3.63) is 82.8 Å². The van der Waals surface area contributed by atoms with Crippen LogP contribution in [0.15, 0.2) is 77.5 Å². The van der Waals surface area contributed by atoms with E-state index >= 15 is 0 Å². The number of aromatic nitrogens is 2. The van der Waals surface area contributed by atoms with E-state index in [1.165, 1.54) is 0 Å². The summed E-state index contributed by atoms with van der Waals surface area (Å²) >= 11 is 1.58. The number of pyridine rings is 2. The molecule has 0 atom stereocenters. The van der Waals surface area contributed by atoms with Crippen molar-refractivity contribution in [3.63, 3.8) is 0 Å². The van der Waals surface area contributed by atoms with E-state index < -0.39 is 0 Å². The van der Waals surface area contributed by atoms with Crippen LogP contribution in [0.2, 0.25) is 0 Å². The van der Waals surface area contributed by atoms with Crippen LogP contribution < -0.4 is 5.43 Å². The molecule has 4 rings (SSSR count). The molecule has 0 aliphatic heterocycles. The van der Waals surface area contributed by atoms with Crippen molar-refractivity contribution < 1.29 is 4.79 Å². The Kier molecular flexibility index (Phi) is 4.72. The molecule has 1 amide bonds. The van der Waals surface area contributed by atoms with Crippen molar-refractivity contribution in [2.75, 3.05) is 0 Å². The maximum absolute atomic E-state index is 12.9. The molecule has 0 spiro atoms. The highest BCUT2D eigenvalue weighted by atomic mass is 32.1. The summed E-state index contributed by atoms with van der Waals surface area (Å²) in [5, 5.41) is 7.02. The lowest BCUT2D eigenvalue weighted by atomic mass is 10.0. The molecule has 27 heavy (non-hydrogen) atoms. The number of para-hydroxylation sites is 1. The second-order valence-corrected chi connectivity index (χ2v) is 6.87. The number of hydrazone groups is 1. The highest BCUT2D eigenvalue weighted by Gasteiger charge is 2.14. The number of nitrogens with zero attached hydrogens (tertiary/aromatic N) is 3. The third-order valence-corrected chi connectivity index (χ3v) is 5.12. The zero-order chi connectivity index (χ0) is 18.6. The van der Waals surface area contributed by atoms with E-state index in [2.05, 4.69) is 20.5 Å². The molecule has 0 aliphatic carbocycles. The van der Waals surface area contributed by atoms with E-state index in [4.69, 9.17) is 0 Å². The topological polar surface area (TPSA) is 67.2 Å². The number of hydrogen-bond acceptors (Lipinski definition) is 5. The molecule has 0 saturated heterocycles. The molecule has 0 bridgehead atoms. The quantitative estimate of drug-likeness (QED) is 0.423. The van der Waals surface area contributed by atoms with E-state index in [9.17, 15) is 4.79 Å². The third-order valence-electron chi connectivity index (χ3n) is 4.14. The van der Waals surface area contributed by atoms with Gasteiger partial charge in [0.15, 0.2) is 0 Å². The molecule has 0 unspecified atom stereocenters. The molecular formula is C21H16N4OS. The number of thiophene rings is 1. The minimum absolute atomic E-state index is 0.264. The molecule has 1 N–H and O–H groups in total. The van der Waals surface area contributed by atoms with Gasteiger partial charge in [-0.1, -0.05) is 24.3 Å². The second kappa shape index (κ2) is 7.47. The maximum Gasteiger partial charge on any atom is 0.272 e. The maximum atomic E-state index is 12.9. The van der Waals surface area contributed by atoms with Crippen LogP contribution in [0.4, 0.5) is 0 Å². The highest BCUT2D eigenvalue weighted by molar-refractivity contribution is 7.12. The molecule has 1 aromatic carbocycles. The summed E-state index contributed by atoms with van der Waals surface area (Å²) in [6.07, 6.45) is 3.42. The summed E-state index contributed by atoms with van der Waals surface area (Å²) in [5.74, 6) is -0.264. The second-order valence-electron chi connectivity index (χ2n) is 5.92. The van der Waals surface area contributed by atoms with Gasteiger partial charge in [0.05, 0.1) is 22.5 Å². The van der Waals surface area contributed by atoms with Crippen LogP contribution in [0, 0.1) is 0 Å². The van der Waals surface area contributed by atoms with E-state index in [0.717, 1.165) is 32.7 Å². The average molecular weight is 372 g/mol. The van der Waals surface area contributed by atoms with Gasteiger partial charge in [-0.15, -0.1) is 11.3 Å². The van der Waals surface area contributed by atoms with Crippen LogP contribution in [0.25, 0.3) is 22.2 Å². The number of hydrogen-bond donors (Lipinski definition) is 1. The first-order chi connectivity index (χ1) is 13.2. The Balaban J connectivity index is 1.73. The Labute approximate surface area is 160 Å². The van der Waals surface area contributed by atoms with Gasteiger partial charge in [-0.05, 0) is 42.6 Å². The normalized spacial score (nSPS) is 11.5. The third kappa shape index (κ3) is 3.61. The predicted molar refractivity (Wildman–Crippen MR) is 109 cm³/mol. The smallest absolute Gasteiger partial charge is 0.267 e. The zero-order valence-corrected chi connectivity index (χ0v) is 15.4. The fourth-order valence-electron chi connectivity index (χ4n) is 2.77. The number of rotatable bonds is 4. The number of carbonyl (C=O) groups excluding carboxylic acids is 1. The monoisotopic (exact) mass is 372 g/mol. The molecule has 0 radical (unpaired) electrons. The number of amides is 1. The van der Waals surface area contributed by atoms with Crippen LogP contribution in [0.5, 0.6) is 0 Å². The molecule has 3 aromatic heterocycles. The fourth-order valence-corrected chi connectivity index (χ4v) is 3.45. The molecule has 0 aliphatic rings. The van der Waals surface area contributed by atoms with Gasteiger partial charge in [0, 0.05) is 28.2 Å². The van der Waals surface area contributed by atoms with Crippen LogP contribution >= 0.6 is 11.3 Å². The summed E-state index contributed by atoms with van der Waals surface area (Å²) in [5.41, 5.74) is 6.37. The molecule has 0 fully saturated rings. The van der Waals surface area contributed by atoms with E-state index in [1.54, 1.807) is 29.8 Å². The molecule has 3 heterocycles. The zero-order valence-electron chi connectivity index (χ0n) is 14.6. The minimum Gasteiger partial charge on any atom is -0.267 e. The van der Waals surface area contributed by atoms with Crippen molar-refractivity contribution >= 4 is 33.9 Å². The summed E-state index contributed by atoms with van der Waals surface area (Å²) < 4.78 is 0. The fraction of sp³-hybridized carbons (Fsp3) is 0.0476. The summed E-state index contributed by atoms with van der Waals surface area (Å²) in [4.78, 5) is 22.6. The first-order valence-corrected chi connectivity index (χ1v) is 9.29. The van der Waals surface area contributed by atoms with Crippen LogP contribution in [-0.4, -0.2) is 21.6 Å². The SMILES string of the molecule is C/C(=N/NC(=O)c1cc(-c2ccncc2)nc2ccccc12)c1cccs1. The number of carbonyl (C=O) groups is 1. The van der Waals surface area contributed by atoms with Crippen LogP contribution in [-0.2, 0) is 0 Å². The van der Waals surface area contributed by atoms with Gasteiger partial charge >= 0.3 is 0 Å². The van der Waals surface area contributed by atoms with Crippen molar-refractivity contribution in [2.24, 2.45) is 5.10 Å². The number of fused-ring (bicyclic) bond motifs is 1. The van der Waals surface area contributed by atoms with E-state index in [1.807, 2.05) is 60.8 Å². The number of nitrogens with one attached hydrogen (secondary N) is 1. The lowest BCUT2D eigenvalue weighted by molar-refractivity contribution is 0.0956. The summed E-state index contributed by atoms with van der Waals surface area (Å²) in [6, 6.07) is 17.1. The lowest BCUT2D eigenvalue weighted by Gasteiger charge is -2.09. The van der Waals surface area contributed by atoms with Crippen molar-refractivity contribution in [3.8, 4) is 11.3 Å². The Morgan fingerprint density at radius 1 is 1.07 bits per heavy atom.